The maximum Gasteiger partial charge on any atom is 0.325 e. The van der Waals surface area contributed by atoms with Crippen molar-refractivity contribution in [2.24, 2.45) is 0 Å². The van der Waals surface area contributed by atoms with Gasteiger partial charge in [0.2, 0.25) is 0 Å². The van der Waals surface area contributed by atoms with E-state index in [2.05, 4.69) is 23.6 Å². The van der Waals surface area contributed by atoms with Gasteiger partial charge in [-0.2, -0.15) is 0 Å². The zero-order valence-corrected chi connectivity index (χ0v) is 15.1. The number of aliphatic carboxylic acids is 1. The summed E-state index contributed by atoms with van der Waals surface area (Å²) in [7, 11) is 0. The molecule has 1 atom stereocenters. The van der Waals surface area contributed by atoms with Crippen LogP contribution in [0.1, 0.15) is 51.3 Å². The fourth-order valence-corrected chi connectivity index (χ4v) is 3.17. The van der Waals surface area contributed by atoms with Crippen LogP contribution >= 0.6 is 0 Å². The van der Waals surface area contributed by atoms with Crippen LogP contribution in [-0.4, -0.2) is 53.6 Å². The molecule has 0 bridgehead atoms. The number of aryl methyl sites for hydroxylation is 1. The second-order valence-corrected chi connectivity index (χ2v) is 5.67. The van der Waals surface area contributed by atoms with E-state index in [4.69, 9.17) is 0 Å². The number of carboxylic acids is 1. The SMILES string of the molecule is CC.CCCN1CCN(C(C(=O)O)c2ccccc2CC)CC1. The lowest BCUT2D eigenvalue weighted by atomic mass is 9.97. The van der Waals surface area contributed by atoms with Gasteiger partial charge in [-0.3, -0.25) is 9.69 Å². The summed E-state index contributed by atoms with van der Waals surface area (Å²) < 4.78 is 0. The van der Waals surface area contributed by atoms with Crippen LogP contribution in [0.25, 0.3) is 0 Å². The molecule has 0 aliphatic carbocycles. The average Bonchev–Trinajstić information content (AvgIpc) is 2.59. The first-order valence-electron chi connectivity index (χ1n) is 8.94. The molecule has 1 heterocycles. The predicted molar refractivity (Wildman–Crippen MR) is 95.8 cm³/mol. The van der Waals surface area contributed by atoms with Gasteiger partial charge in [-0.05, 0) is 30.5 Å². The Hall–Kier alpha value is -1.39. The van der Waals surface area contributed by atoms with Crippen LogP contribution in [0, 0.1) is 0 Å². The standard InChI is InChI=1S/C17H26N2O2.C2H6/c1-3-9-18-10-12-19(13-11-18)16(17(20)21)15-8-6-5-7-14(15)4-2;1-2/h5-8,16H,3-4,9-13H2,1-2H3,(H,20,21);1-2H3. The fourth-order valence-electron chi connectivity index (χ4n) is 3.17. The molecule has 4 heteroatoms. The van der Waals surface area contributed by atoms with Crippen LogP contribution < -0.4 is 0 Å². The molecule has 0 saturated carbocycles. The molecule has 130 valence electrons. The summed E-state index contributed by atoms with van der Waals surface area (Å²) in [5.41, 5.74) is 2.09. The third-order valence-electron chi connectivity index (χ3n) is 4.28. The monoisotopic (exact) mass is 320 g/mol. The van der Waals surface area contributed by atoms with Crippen molar-refractivity contribution in [3.63, 3.8) is 0 Å². The zero-order chi connectivity index (χ0) is 17.2. The first-order valence-corrected chi connectivity index (χ1v) is 8.94. The Morgan fingerprint density at radius 2 is 1.74 bits per heavy atom. The highest BCUT2D eigenvalue weighted by Crippen LogP contribution is 2.26. The maximum absolute atomic E-state index is 11.8. The molecular weight excluding hydrogens is 288 g/mol. The van der Waals surface area contributed by atoms with E-state index >= 15 is 0 Å². The predicted octanol–water partition coefficient (Wildman–Crippen LogP) is 3.43. The molecule has 1 fully saturated rings. The van der Waals surface area contributed by atoms with Gasteiger partial charge in [0, 0.05) is 26.2 Å². The van der Waals surface area contributed by atoms with Crippen LogP contribution in [0.2, 0.25) is 0 Å². The fraction of sp³-hybridized carbons (Fsp3) is 0.632. The van der Waals surface area contributed by atoms with E-state index in [0.29, 0.717) is 0 Å². The Kier molecular flexibility index (Phi) is 8.89. The van der Waals surface area contributed by atoms with Crippen LogP contribution in [0.5, 0.6) is 0 Å². The first kappa shape index (κ1) is 19.7. The van der Waals surface area contributed by atoms with E-state index < -0.39 is 12.0 Å². The quantitative estimate of drug-likeness (QED) is 0.872. The molecule has 23 heavy (non-hydrogen) atoms. The van der Waals surface area contributed by atoms with Gasteiger partial charge in [0.25, 0.3) is 0 Å². The smallest absolute Gasteiger partial charge is 0.325 e. The number of carbonyl (C=O) groups is 1. The molecular formula is C19H32N2O2. The number of nitrogens with zero attached hydrogens (tertiary/aromatic N) is 2. The van der Waals surface area contributed by atoms with Gasteiger partial charge in [0.05, 0.1) is 0 Å². The highest BCUT2D eigenvalue weighted by molar-refractivity contribution is 5.76. The Morgan fingerprint density at radius 3 is 2.26 bits per heavy atom. The molecule has 1 aromatic rings. The second kappa shape index (κ2) is 10.4. The van der Waals surface area contributed by atoms with Crippen molar-refractivity contribution in [3.8, 4) is 0 Å². The van der Waals surface area contributed by atoms with E-state index in [1.807, 2.05) is 38.1 Å². The summed E-state index contributed by atoms with van der Waals surface area (Å²) in [6, 6.07) is 7.43. The first-order chi connectivity index (χ1) is 11.2. The second-order valence-electron chi connectivity index (χ2n) is 5.67. The van der Waals surface area contributed by atoms with Gasteiger partial charge in [-0.15, -0.1) is 0 Å². The molecule has 0 radical (unpaired) electrons. The van der Waals surface area contributed by atoms with Gasteiger partial charge in [0.15, 0.2) is 0 Å². The molecule has 1 aliphatic rings. The van der Waals surface area contributed by atoms with Crippen LogP contribution in [0.15, 0.2) is 24.3 Å². The van der Waals surface area contributed by atoms with Crippen molar-refractivity contribution in [1.29, 1.82) is 0 Å². The lowest BCUT2D eigenvalue weighted by molar-refractivity contribution is -0.144. The summed E-state index contributed by atoms with van der Waals surface area (Å²) in [4.78, 5) is 16.4. The Morgan fingerprint density at radius 1 is 1.13 bits per heavy atom. The maximum atomic E-state index is 11.8. The van der Waals surface area contributed by atoms with E-state index in [1.54, 1.807) is 0 Å². The lowest BCUT2D eigenvalue weighted by Crippen LogP contribution is -2.49. The number of rotatable bonds is 6. The molecule has 1 N–H and O–H groups in total. The minimum atomic E-state index is -0.736. The minimum Gasteiger partial charge on any atom is -0.480 e. The summed E-state index contributed by atoms with van der Waals surface area (Å²) in [6.45, 7) is 13.0. The van der Waals surface area contributed by atoms with Gasteiger partial charge in [-0.1, -0.05) is 52.0 Å². The highest BCUT2D eigenvalue weighted by atomic mass is 16.4. The normalized spacial score (nSPS) is 17.2. The summed E-state index contributed by atoms with van der Waals surface area (Å²) >= 11 is 0. The number of piperazine rings is 1. The highest BCUT2D eigenvalue weighted by Gasteiger charge is 2.31. The third-order valence-corrected chi connectivity index (χ3v) is 4.28. The largest absolute Gasteiger partial charge is 0.480 e. The molecule has 4 nitrogen and oxygen atoms in total. The van der Waals surface area contributed by atoms with E-state index in [1.165, 1.54) is 0 Å². The molecule has 1 aromatic carbocycles. The van der Waals surface area contributed by atoms with Gasteiger partial charge < -0.3 is 10.0 Å². The van der Waals surface area contributed by atoms with Gasteiger partial charge in [0.1, 0.15) is 6.04 Å². The number of hydrogen-bond donors (Lipinski definition) is 1. The zero-order valence-electron chi connectivity index (χ0n) is 15.1. The molecule has 1 unspecified atom stereocenters. The Balaban J connectivity index is 0.00000127. The lowest BCUT2D eigenvalue weighted by Gasteiger charge is -2.38. The summed E-state index contributed by atoms with van der Waals surface area (Å²) in [5, 5.41) is 9.71. The number of benzene rings is 1. The van der Waals surface area contributed by atoms with Crippen molar-refractivity contribution in [2.45, 2.75) is 46.6 Å². The third kappa shape index (κ3) is 5.33. The molecule has 1 aliphatic heterocycles. The van der Waals surface area contributed by atoms with Crippen molar-refractivity contribution in [2.75, 3.05) is 32.7 Å². The topological polar surface area (TPSA) is 43.8 Å². The van der Waals surface area contributed by atoms with Crippen molar-refractivity contribution < 1.29 is 9.90 Å². The number of hydrogen-bond acceptors (Lipinski definition) is 3. The van der Waals surface area contributed by atoms with Crippen molar-refractivity contribution >= 4 is 5.97 Å². The molecule has 0 amide bonds. The summed E-state index contributed by atoms with van der Waals surface area (Å²) in [6.07, 6.45) is 2.02. The van der Waals surface area contributed by atoms with Crippen LogP contribution in [0.4, 0.5) is 0 Å². The minimum absolute atomic E-state index is 0.509. The van der Waals surface area contributed by atoms with Gasteiger partial charge in [-0.25, -0.2) is 0 Å². The molecule has 0 aromatic heterocycles. The molecule has 0 spiro atoms. The van der Waals surface area contributed by atoms with E-state index in [-0.39, 0.29) is 0 Å². The van der Waals surface area contributed by atoms with E-state index in [0.717, 1.165) is 56.7 Å². The van der Waals surface area contributed by atoms with E-state index in [9.17, 15) is 9.90 Å². The summed E-state index contributed by atoms with van der Waals surface area (Å²) in [5.74, 6) is -0.736. The average molecular weight is 320 g/mol. The van der Waals surface area contributed by atoms with Crippen LogP contribution in [0.3, 0.4) is 0 Å². The van der Waals surface area contributed by atoms with Crippen molar-refractivity contribution in [3.05, 3.63) is 35.4 Å². The number of carboxylic acid groups (broad SMARTS) is 1. The molecule has 2 rings (SSSR count). The Labute approximate surface area is 141 Å². The Bertz CT molecular complexity index is 468. The van der Waals surface area contributed by atoms with Gasteiger partial charge >= 0.3 is 5.97 Å². The van der Waals surface area contributed by atoms with Crippen LogP contribution in [-0.2, 0) is 11.2 Å². The molecule has 1 saturated heterocycles. The van der Waals surface area contributed by atoms with Crippen molar-refractivity contribution in [1.82, 2.24) is 9.80 Å².